The van der Waals surface area contributed by atoms with Crippen molar-refractivity contribution in [1.29, 1.82) is 0 Å². The van der Waals surface area contributed by atoms with Crippen molar-refractivity contribution < 1.29 is 89.3 Å². The summed E-state index contributed by atoms with van der Waals surface area (Å²) in [4.78, 5) is 0. The zero-order valence-electron chi connectivity index (χ0n) is 22.2. The Morgan fingerprint density at radius 3 is 1.78 bits per heavy atom. The first-order valence-electron chi connectivity index (χ1n) is 13.2. The van der Waals surface area contributed by atoms with E-state index in [9.17, 15) is 56.2 Å². The molecule has 0 saturated carbocycles. The van der Waals surface area contributed by atoms with Gasteiger partial charge in [-0.3, -0.25) is 0 Å². The average molecular weight is 605 g/mol. The van der Waals surface area contributed by atoms with Gasteiger partial charge in [0.15, 0.2) is 25.2 Å². The molecule has 4 aliphatic rings. The molecule has 4 unspecified atom stereocenters. The second-order valence-electron chi connectivity index (χ2n) is 10.7. The number of aliphatic hydroxyl groups excluding tert-OH is 11. The highest BCUT2D eigenvalue weighted by atomic mass is 16.8. The van der Waals surface area contributed by atoms with E-state index in [2.05, 4.69) is 0 Å². The maximum atomic E-state index is 11.3. The number of rotatable bonds is 7. The molecule has 4 heterocycles. The summed E-state index contributed by atoms with van der Waals surface area (Å²) >= 11 is 0. The first-order chi connectivity index (χ1) is 19.3. The predicted octanol–water partition coefficient (Wildman–Crippen LogP) is -7.05. The lowest BCUT2D eigenvalue weighted by Gasteiger charge is -2.49. The Labute approximate surface area is 233 Å². The van der Waals surface area contributed by atoms with Gasteiger partial charge in [-0.25, -0.2) is 0 Å². The van der Waals surface area contributed by atoms with Crippen molar-refractivity contribution in [2.75, 3.05) is 13.2 Å². The van der Waals surface area contributed by atoms with Gasteiger partial charge in [-0.15, -0.1) is 0 Å². The van der Waals surface area contributed by atoms with Crippen LogP contribution in [0.15, 0.2) is 0 Å². The quantitative estimate of drug-likeness (QED) is 0.129. The van der Waals surface area contributed by atoms with Gasteiger partial charge in [0.1, 0.15) is 79.4 Å². The molecule has 18 nitrogen and oxygen atoms in total. The van der Waals surface area contributed by atoms with E-state index in [1.54, 1.807) is 0 Å². The van der Waals surface area contributed by atoms with Gasteiger partial charge in [-0.1, -0.05) is 0 Å². The summed E-state index contributed by atoms with van der Waals surface area (Å²) in [6.45, 7) is 1.63. The van der Waals surface area contributed by atoms with Crippen molar-refractivity contribution in [3.8, 4) is 0 Å². The van der Waals surface area contributed by atoms with Gasteiger partial charge in [-0.05, 0) is 13.8 Å². The molecule has 0 aliphatic carbocycles. The summed E-state index contributed by atoms with van der Waals surface area (Å²) in [5.74, 6) is 0. The Morgan fingerprint density at radius 2 is 1.12 bits per heavy atom. The van der Waals surface area contributed by atoms with Crippen molar-refractivity contribution in [1.82, 2.24) is 0 Å². The third-order valence-electron chi connectivity index (χ3n) is 7.73. The molecule has 4 rings (SSSR count). The van der Waals surface area contributed by atoms with Crippen molar-refractivity contribution in [3.05, 3.63) is 0 Å². The molecule has 11 N–H and O–H groups in total. The summed E-state index contributed by atoms with van der Waals surface area (Å²) in [6.07, 6.45) is -30.2. The second kappa shape index (κ2) is 13.5. The van der Waals surface area contributed by atoms with Crippen molar-refractivity contribution in [2.24, 2.45) is 0 Å². The van der Waals surface area contributed by atoms with Gasteiger partial charge < -0.3 is 89.3 Å². The molecule has 4 aliphatic heterocycles. The molecule has 0 aromatic heterocycles. The summed E-state index contributed by atoms with van der Waals surface area (Å²) in [6, 6.07) is 0. The zero-order valence-corrected chi connectivity index (χ0v) is 22.2. The highest BCUT2D eigenvalue weighted by Gasteiger charge is 2.54. The average Bonchev–Trinajstić information content (AvgIpc) is 2.94. The lowest BCUT2D eigenvalue weighted by Crippen LogP contribution is -2.67. The molecular formula is C23H40O18. The van der Waals surface area contributed by atoms with E-state index >= 15 is 0 Å². The van der Waals surface area contributed by atoms with Crippen molar-refractivity contribution >= 4 is 0 Å². The molecule has 0 spiro atoms. The largest absolute Gasteiger partial charge is 0.394 e. The molecule has 19 atom stereocenters. The lowest BCUT2D eigenvalue weighted by atomic mass is 9.96. The Hall–Kier alpha value is -0.720. The normalized spacial score (nSPS) is 55.1. The summed E-state index contributed by atoms with van der Waals surface area (Å²) in [5, 5.41) is 113. The van der Waals surface area contributed by atoms with Crippen molar-refractivity contribution in [2.45, 2.75) is 131 Å². The molecule has 18 heteroatoms. The molecule has 0 bridgehead atoms. The summed E-state index contributed by atoms with van der Waals surface area (Å²) < 4.78 is 38.7. The van der Waals surface area contributed by atoms with Crippen LogP contribution in [0.3, 0.4) is 0 Å². The van der Waals surface area contributed by atoms with Crippen molar-refractivity contribution in [3.63, 3.8) is 0 Å². The van der Waals surface area contributed by atoms with E-state index in [1.807, 2.05) is 0 Å². The molecule has 240 valence electrons. The van der Waals surface area contributed by atoms with Gasteiger partial charge >= 0.3 is 0 Å². The Balaban J connectivity index is 1.58. The first kappa shape index (κ1) is 33.2. The van der Waals surface area contributed by atoms with Crippen LogP contribution in [0.2, 0.25) is 0 Å². The predicted molar refractivity (Wildman–Crippen MR) is 125 cm³/mol. The molecule has 0 aromatic rings. The van der Waals surface area contributed by atoms with Crippen LogP contribution in [-0.4, -0.2) is 186 Å². The summed E-state index contributed by atoms with van der Waals surface area (Å²) in [5.41, 5.74) is 0. The fourth-order valence-corrected chi connectivity index (χ4v) is 5.15. The van der Waals surface area contributed by atoms with Gasteiger partial charge in [0.25, 0.3) is 0 Å². The highest BCUT2D eigenvalue weighted by Crippen LogP contribution is 2.34. The van der Waals surface area contributed by atoms with Crippen LogP contribution in [0.4, 0.5) is 0 Å². The standard InChI is InChI=1S/C23H40O18/c1-5-9(26)13(30)19(20(34)36-5)41-23-16(33)18(40-22-15(32)12(29)11(28)8(3-24)38-22)17(6(2)37-23)39-21-14(31)10(27)7(25)4-35-21/h5-34H,3-4H2,1-2H3/t5-,6-,7+,8+,9+,10-,11+,12-,13+,14+,15+,16+,17-,18-,19-,20?,21?,22?,23?/m0/s1. The van der Waals surface area contributed by atoms with Crippen LogP contribution in [0, 0.1) is 0 Å². The van der Waals surface area contributed by atoms with Crippen LogP contribution in [0.5, 0.6) is 0 Å². The minimum Gasteiger partial charge on any atom is -0.394 e. The molecule has 0 aromatic carbocycles. The molecular weight excluding hydrogens is 564 g/mol. The van der Waals surface area contributed by atoms with Crippen LogP contribution in [0.25, 0.3) is 0 Å². The van der Waals surface area contributed by atoms with Crippen LogP contribution >= 0.6 is 0 Å². The Kier molecular flexibility index (Phi) is 10.9. The number of hydrogen-bond donors (Lipinski definition) is 11. The smallest absolute Gasteiger partial charge is 0.187 e. The van der Waals surface area contributed by atoms with Crippen LogP contribution in [-0.2, 0) is 33.2 Å². The fourth-order valence-electron chi connectivity index (χ4n) is 5.15. The maximum Gasteiger partial charge on any atom is 0.187 e. The van der Waals surface area contributed by atoms with Gasteiger partial charge in [0, 0.05) is 0 Å². The van der Waals surface area contributed by atoms with E-state index in [1.165, 1.54) is 13.8 Å². The van der Waals surface area contributed by atoms with E-state index in [0.29, 0.717) is 0 Å². The fraction of sp³-hybridized carbons (Fsp3) is 1.00. The number of aliphatic hydroxyl groups is 11. The van der Waals surface area contributed by atoms with E-state index in [4.69, 9.17) is 33.2 Å². The third kappa shape index (κ3) is 6.70. The Morgan fingerprint density at radius 1 is 0.537 bits per heavy atom. The molecule has 0 radical (unpaired) electrons. The molecule has 4 fully saturated rings. The van der Waals surface area contributed by atoms with Gasteiger partial charge in [0.2, 0.25) is 0 Å². The zero-order chi connectivity index (χ0) is 30.3. The van der Waals surface area contributed by atoms with E-state index in [0.717, 1.165) is 0 Å². The third-order valence-corrected chi connectivity index (χ3v) is 7.73. The minimum atomic E-state index is -1.89. The molecule has 41 heavy (non-hydrogen) atoms. The summed E-state index contributed by atoms with van der Waals surface area (Å²) in [7, 11) is 0. The lowest BCUT2D eigenvalue weighted by molar-refractivity contribution is -0.394. The number of hydrogen-bond acceptors (Lipinski definition) is 18. The monoisotopic (exact) mass is 604 g/mol. The van der Waals surface area contributed by atoms with Crippen LogP contribution in [0.1, 0.15) is 13.8 Å². The maximum absolute atomic E-state index is 11.3. The SMILES string of the molecule is C[C@@H]1OC(O)[C@@H](OC2O[C@@H](C)[C@H](OC3OC[C@@H](O)[C@H](O)[C@H]3O)[C@@H](OC3O[C@H](CO)[C@@H](O)[C@H](O)[C@H]3O)[C@H]2O)[C@H](O)[C@@H]1O. The first-order valence-corrected chi connectivity index (χ1v) is 13.2. The molecule has 4 saturated heterocycles. The van der Waals surface area contributed by atoms with Gasteiger partial charge in [-0.2, -0.15) is 0 Å². The molecule has 0 amide bonds. The van der Waals surface area contributed by atoms with E-state index < -0.39 is 130 Å². The number of ether oxygens (including phenoxy) is 7. The Bertz CT molecular complexity index is 836. The topological polar surface area (TPSA) is 287 Å². The van der Waals surface area contributed by atoms with Crippen LogP contribution < -0.4 is 0 Å². The highest BCUT2D eigenvalue weighted by molar-refractivity contribution is 4.96. The minimum absolute atomic E-state index is 0.421. The van der Waals surface area contributed by atoms with Gasteiger partial charge in [0.05, 0.1) is 25.4 Å². The van der Waals surface area contributed by atoms with E-state index in [-0.39, 0.29) is 0 Å². The second-order valence-corrected chi connectivity index (χ2v) is 10.7.